The largest absolute Gasteiger partial charge is 0.384 e. The number of fused-ring (bicyclic) bond motifs is 1. The average molecular weight is 376 g/mol. The van der Waals surface area contributed by atoms with E-state index in [1.807, 2.05) is 31.6 Å². The molecule has 28 heavy (non-hydrogen) atoms. The van der Waals surface area contributed by atoms with E-state index >= 15 is 0 Å². The van der Waals surface area contributed by atoms with E-state index in [4.69, 9.17) is 4.74 Å². The van der Waals surface area contributed by atoms with E-state index in [1.165, 1.54) is 0 Å². The van der Waals surface area contributed by atoms with Crippen LogP contribution in [0.3, 0.4) is 0 Å². The summed E-state index contributed by atoms with van der Waals surface area (Å²) in [6.07, 6.45) is 12.5. The van der Waals surface area contributed by atoms with Gasteiger partial charge in [0.1, 0.15) is 11.9 Å². The predicted octanol–water partition coefficient (Wildman–Crippen LogP) is 2.34. The van der Waals surface area contributed by atoms with Gasteiger partial charge in [0.25, 0.3) is 0 Å². The molecular formula is C21H24N6O. The van der Waals surface area contributed by atoms with Crippen molar-refractivity contribution in [1.82, 2.24) is 25.3 Å². The minimum absolute atomic E-state index is 0.00149. The van der Waals surface area contributed by atoms with Crippen molar-refractivity contribution in [3.05, 3.63) is 78.3 Å². The number of aromatic nitrogens is 3. The second-order valence-electron chi connectivity index (χ2n) is 7.00. The molecule has 2 aromatic rings. The van der Waals surface area contributed by atoms with Gasteiger partial charge in [0.15, 0.2) is 5.82 Å². The van der Waals surface area contributed by atoms with E-state index in [2.05, 4.69) is 55.3 Å². The molecule has 2 aromatic heterocycles. The number of allylic oxidation sites excluding steroid dienone is 2. The Labute approximate surface area is 164 Å². The molecule has 144 valence electrons. The van der Waals surface area contributed by atoms with E-state index in [9.17, 15) is 0 Å². The summed E-state index contributed by atoms with van der Waals surface area (Å²) in [5.41, 5.74) is 8.32. The minimum Gasteiger partial charge on any atom is -0.384 e. The number of pyridine rings is 1. The quantitative estimate of drug-likeness (QED) is 0.725. The standard InChI is InChI=1S/C21H24N6O/c1-4-14(13-28-3)8-17-11-23-20(24-17)19-18-9-16(15-6-5-7-22-10-15)12-27(2)21(18)26-25-19/h4-7,9-12,14,21,26H,1,8,13H2,2-3H3,(H,23,24). The minimum atomic E-state index is -0.00149. The highest BCUT2D eigenvalue weighted by atomic mass is 16.5. The van der Waals surface area contributed by atoms with Gasteiger partial charge in [-0.1, -0.05) is 12.1 Å². The van der Waals surface area contributed by atoms with Gasteiger partial charge in [0, 0.05) is 61.7 Å². The average Bonchev–Trinajstić information content (AvgIpc) is 3.35. The number of nitrogens with one attached hydrogen (secondary N) is 2. The van der Waals surface area contributed by atoms with Crippen molar-refractivity contribution in [2.45, 2.75) is 12.6 Å². The molecule has 0 radical (unpaired) electrons. The number of hydrazone groups is 1. The van der Waals surface area contributed by atoms with Gasteiger partial charge in [0.05, 0.1) is 6.61 Å². The van der Waals surface area contributed by atoms with Crippen molar-refractivity contribution in [2.24, 2.45) is 11.0 Å². The molecule has 2 N–H and O–H groups in total. The molecule has 0 amide bonds. The summed E-state index contributed by atoms with van der Waals surface area (Å²) in [7, 11) is 3.74. The fraction of sp³-hybridized carbons (Fsp3) is 0.286. The second kappa shape index (κ2) is 7.82. The highest BCUT2D eigenvalue weighted by molar-refractivity contribution is 6.13. The fourth-order valence-corrected chi connectivity index (χ4v) is 3.52. The summed E-state index contributed by atoms with van der Waals surface area (Å²) < 4.78 is 5.24. The summed E-state index contributed by atoms with van der Waals surface area (Å²) in [5.74, 6) is 1.01. The van der Waals surface area contributed by atoms with Crippen molar-refractivity contribution in [3.63, 3.8) is 0 Å². The van der Waals surface area contributed by atoms with Gasteiger partial charge in [0.2, 0.25) is 0 Å². The van der Waals surface area contributed by atoms with E-state index in [0.717, 1.165) is 40.4 Å². The molecule has 2 aliphatic rings. The Hall–Kier alpha value is -3.19. The fourth-order valence-electron chi connectivity index (χ4n) is 3.52. The number of imidazole rings is 1. The van der Waals surface area contributed by atoms with Gasteiger partial charge in [-0.2, -0.15) is 5.10 Å². The van der Waals surface area contributed by atoms with Crippen LogP contribution >= 0.6 is 0 Å². The molecule has 7 heteroatoms. The van der Waals surface area contributed by atoms with E-state index in [1.54, 1.807) is 13.3 Å². The van der Waals surface area contributed by atoms with Gasteiger partial charge in [-0.3, -0.25) is 10.4 Å². The number of likely N-dealkylation sites (N-methyl/N-ethyl adjacent to an activating group) is 1. The Kier molecular flexibility index (Phi) is 5.08. The molecular weight excluding hydrogens is 352 g/mol. The Morgan fingerprint density at radius 1 is 1.39 bits per heavy atom. The van der Waals surface area contributed by atoms with Crippen molar-refractivity contribution < 1.29 is 4.74 Å². The molecule has 0 fully saturated rings. The van der Waals surface area contributed by atoms with Crippen LogP contribution in [0.25, 0.3) is 5.57 Å². The molecule has 2 atom stereocenters. The van der Waals surface area contributed by atoms with Crippen molar-refractivity contribution in [2.75, 3.05) is 20.8 Å². The Morgan fingerprint density at radius 2 is 2.29 bits per heavy atom. The van der Waals surface area contributed by atoms with Crippen molar-refractivity contribution in [3.8, 4) is 0 Å². The topological polar surface area (TPSA) is 78.4 Å². The van der Waals surface area contributed by atoms with Crippen molar-refractivity contribution >= 4 is 11.3 Å². The molecule has 2 aliphatic heterocycles. The Morgan fingerprint density at radius 3 is 3.04 bits per heavy atom. The third-order valence-electron chi connectivity index (χ3n) is 4.97. The summed E-state index contributed by atoms with van der Waals surface area (Å²) in [6, 6.07) is 4.00. The summed E-state index contributed by atoms with van der Waals surface area (Å²) in [6.45, 7) is 4.52. The zero-order valence-electron chi connectivity index (χ0n) is 16.1. The van der Waals surface area contributed by atoms with Gasteiger partial charge in [-0.05, 0) is 24.1 Å². The number of nitrogens with zero attached hydrogens (tertiary/aromatic N) is 4. The van der Waals surface area contributed by atoms with Crippen LogP contribution in [-0.2, 0) is 11.2 Å². The van der Waals surface area contributed by atoms with Gasteiger partial charge in [-0.15, -0.1) is 6.58 Å². The molecule has 0 aliphatic carbocycles. The maximum Gasteiger partial charge on any atom is 0.158 e. The first kappa shape index (κ1) is 18.2. The SMILES string of the molecule is C=CC(COC)Cc1cnc(C2=NNC3C2=CC(c2cccnc2)=CN3C)[nH]1. The molecule has 0 saturated carbocycles. The number of hydrogen-bond acceptors (Lipinski definition) is 6. The second-order valence-corrected chi connectivity index (χ2v) is 7.00. The monoisotopic (exact) mass is 376 g/mol. The number of ether oxygens (including phenoxy) is 1. The summed E-state index contributed by atoms with van der Waals surface area (Å²) in [5, 5.41) is 4.55. The zero-order valence-corrected chi connectivity index (χ0v) is 16.1. The maximum atomic E-state index is 5.24. The number of methoxy groups -OCH3 is 1. The Balaban J connectivity index is 1.59. The first-order chi connectivity index (χ1) is 13.7. The van der Waals surface area contributed by atoms with Crippen molar-refractivity contribution in [1.29, 1.82) is 0 Å². The summed E-state index contributed by atoms with van der Waals surface area (Å²) >= 11 is 0. The first-order valence-corrected chi connectivity index (χ1v) is 9.24. The highest BCUT2D eigenvalue weighted by Gasteiger charge is 2.32. The number of aromatic amines is 1. The molecule has 7 nitrogen and oxygen atoms in total. The lowest BCUT2D eigenvalue weighted by molar-refractivity contribution is 0.169. The van der Waals surface area contributed by atoms with Gasteiger partial charge < -0.3 is 14.6 Å². The normalized spacial score (nSPS) is 19.3. The lowest BCUT2D eigenvalue weighted by atomic mass is 9.97. The van der Waals surface area contributed by atoms with Gasteiger partial charge >= 0.3 is 0 Å². The number of H-pyrrole nitrogens is 1. The van der Waals surface area contributed by atoms with Crippen LogP contribution in [0, 0.1) is 5.92 Å². The van der Waals surface area contributed by atoms with E-state index in [0.29, 0.717) is 6.61 Å². The predicted molar refractivity (Wildman–Crippen MR) is 109 cm³/mol. The third kappa shape index (κ3) is 3.48. The number of rotatable bonds is 7. The Bertz CT molecular complexity index is 943. The molecule has 4 heterocycles. The molecule has 0 spiro atoms. The van der Waals surface area contributed by atoms with Gasteiger partial charge in [-0.25, -0.2) is 4.98 Å². The smallest absolute Gasteiger partial charge is 0.158 e. The van der Waals surface area contributed by atoms with E-state index < -0.39 is 0 Å². The van der Waals surface area contributed by atoms with Crippen LogP contribution in [0.4, 0.5) is 0 Å². The van der Waals surface area contributed by atoms with Crippen LogP contribution in [0.2, 0.25) is 0 Å². The highest BCUT2D eigenvalue weighted by Crippen LogP contribution is 2.29. The van der Waals surface area contributed by atoms with Crippen LogP contribution in [0.1, 0.15) is 17.1 Å². The molecule has 2 unspecified atom stereocenters. The molecule has 4 rings (SSSR count). The van der Waals surface area contributed by atoms with Crippen LogP contribution in [0.5, 0.6) is 0 Å². The van der Waals surface area contributed by atoms with Crippen LogP contribution < -0.4 is 5.43 Å². The zero-order chi connectivity index (χ0) is 19.5. The summed E-state index contributed by atoms with van der Waals surface area (Å²) in [4.78, 5) is 14.3. The van der Waals surface area contributed by atoms with Crippen LogP contribution in [0.15, 0.2) is 66.3 Å². The first-order valence-electron chi connectivity index (χ1n) is 9.24. The lowest BCUT2D eigenvalue weighted by Crippen LogP contribution is -2.38. The molecule has 0 bridgehead atoms. The van der Waals surface area contributed by atoms with Crippen LogP contribution in [-0.4, -0.2) is 52.5 Å². The molecule has 0 saturated heterocycles. The lowest BCUT2D eigenvalue weighted by Gasteiger charge is -2.28. The van der Waals surface area contributed by atoms with E-state index in [-0.39, 0.29) is 12.1 Å². The molecule has 0 aromatic carbocycles. The maximum absolute atomic E-state index is 5.24. The third-order valence-corrected chi connectivity index (χ3v) is 4.97. The number of hydrogen-bond donors (Lipinski definition) is 2.